The fourth-order valence-corrected chi connectivity index (χ4v) is 3.48. The molecule has 4 rings (SSSR count). The monoisotopic (exact) mass is 370 g/mol. The Labute approximate surface area is 155 Å². The van der Waals surface area contributed by atoms with Crippen molar-refractivity contribution in [1.29, 1.82) is 0 Å². The number of fused-ring (bicyclic) bond motifs is 1. The summed E-state index contributed by atoms with van der Waals surface area (Å²) in [7, 11) is 1.62. The van der Waals surface area contributed by atoms with Crippen molar-refractivity contribution in [2.45, 2.75) is 32.4 Å². The fraction of sp³-hybridized carbons (Fsp3) is 0.368. The van der Waals surface area contributed by atoms with Crippen LogP contribution < -0.4 is 0 Å². The summed E-state index contributed by atoms with van der Waals surface area (Å²) in [4.78, 5) is 19.4. The van der Waals surface area contributed by atoms with Crippen LogP contribution in [0.2, 0.25) is 0 Å². The van der Waals surface area contributed by atoms with E-state index in [1.807, 2.05) is 0 Å². The molecule has 3 aromatic rings. The minimum Gasteiger partial charge on any atom is -0.423 e. The van der Waals surface area contributed by atoms with E-state index in [0.717, 1.165) is 0 Å². The van der Waals surface area contributed by atoms with Crippen LogP contribution >= 0.6 is 0 Å². The van der Waals surface area contributed by atoms with E-state index >= 15 is 0 Å². The number of aryl methyl sites for hydroxylation is 2. The number of amides is 1. The number of carbonyl (C=O) groups is 1. The lowest BCUT2D eigenvalue weighted by Crippen LogP contribution is -2.32. The molecule has 0 N–H and O–H groups in total. The maximum atomic E-state index is 13.4. The lowest BCUT2D eigenvalue weighted by atomic mass is 10.1. The smallest absolute Gasteiger partial charge is 0.256 e. The van der Waals surface area contributed by atoms with Gasteiger partial charge in [-0.25, -0.2) is 4.39 Å². The van der Waals surface area contributed by atoms with Gasteiger partial charge in [0.15, 0.2) is 0 Å². The first-order valence-corrected chi connectivity index (χ1v) is 8.67. The van der Waals surface area contributed by atoms with Gasteiger partial charge in [-0.1, -0.05) is 0 Å². The fourth-order valence-electron chi connectivity index (χ4n) is 3.48. The molecule has 2 atom stereocenters. The van der Waals surface area contributed by atoms with Gasteiger partial charge in [0.05, 0.1) is 22.9 Å². The third-order valence-electron chi connectivity index (χ3n) is 4.88. The zero-order chi connectivity index (χ0) is 19.1. The molecule has 0 radical (unpaired) electrons. The Balaban J connectivity index is 1.72. The van der Waals surface area contributed by atoms with Gasteiger partial charge in [0.25, 0.3) is 5.91 Å². The summed E-state index contributed by atoms with van der Waals surface area (Å²) in [6.07, 6.45) is 0.462. The maximum absolute atomic E-state index is 13.4. The first kappa shape index (κ1) is 17.5. The highest BCUT2D eigenvalue weighted by Crippen LogP contribution is 2.34. The van der Waals surface area contributed by atoms with Gasteiger partial charge in [0.2, 0.25) is 11.8 Å². The average Bonchev–Trinajstić information content (AvgIpc) is 3.26. The number of hydrogen-bond acceptors (Lipinski definition) is 6. The lowest BCUT2D eigenvalue weighted by Gasteiger charge is -2.22. The van der Waals surface area contributed by atoms with Crippen LogP contribution in [0.3, 0.4) is 0 Å². The predicted octanol–water partition coefficient (Wildman–Crippen LogP) is 2.98. The lowest BCUT2D eigenvalue weighted by molar-refractivity contribution is 0.0673. The number of halogens is 1. The van der Waals surface area contributed by atoms with Crippen molar-refractivity contribution in [3.63, 3.8) is 0 Å². The summed E-state index contributed by atoms with van der Waals surface area (Å²) < 4.78 is 24.5. The quantitative estimate of drug-likeness (QED) is 0.705. The molecular weight excluding hydrogens is 351 g/mol. The Kier molecular flexibility index (Phi) is 4.35. The summed E-state index contributed by atoms with van der Waals surface area (Å²) in [5.74, 6) is 0.298. The third-order valence-corrected chi connectivity index (χ3v) is 4.88. The van der Waals surface area contributed by atoms with Crippen molar-refractivity contribution in [2.24, 2.45) is 0 Å². The molecule has 3 heterocycles. The number of carbonyl (C=O) groups excluding carboxylic acids is 1. The van der Waals surface area contributed by atoms with Crippen molar-refractivity contribution in [2.75, 3.05) is 13.7 Å². The zero-order valence-electron chi connectivity index (χ0n) is 15.3. The van der Waals surface area contributed by atoms with Crippen LogP contribution in [-0.2, 0) is 4.74 Å². The normalized spacial score (nSPS) is 19.8. The number of likely N-dealkylation sites (tertiary alicyclic amines) is 1. The van der Waals surface area contributed by atoms with Gasteiger partial charge in [-0.05, 0) is 25.1 Å². The second kappa shape index (κ2) is 6.70. The van der Waals surface area contributed by atoms with Gasteiger partial charge in [-0.2, -0.15) is 0 Å². The standard InChI is InChI=1S/C19H19FN4O3/c1-10-15(6-12-4-5-13(20)7-16(12)21-10)19(25)24-9-14(26-3)8-17(24)18-23-22-11(2)27-18/h4-7,14,17H,8-9H2,1-3H3/t14-,17+/m0/s1. The first-order valence-electron chi connectivity index (χ1n) is 8.67. The number of hydrogen-bond donors (Lipinski definition) is 0. The Morgan fingerprint density at radius 2 is 2.11 bits per heavy atom. The van der Waals surface area contributed by atoms with Gasteiger partial charge in [0.1, 0.15) is 11.9 Å². The number of aromatic nitrogens is 3. The van der Waals surface area contributed by atoms with Gasteiger partial charge in [-0.3, -0.25) is 9.78 Å². The van der Waals surface area contributed by atoms with Crippen molar-refractivity contribution in [3.05, 3.63) is 53.1 Å². The second-order valence-electron chi connectivity index (χ2n) is 6.68. The third kappa shape index (κ3) is 3.16. The SMILES string of the molecule is CO[C@H]1C[C@H](c2nnc(C)o2)N(C(=O)c2cc3ccc(F)cc3nc2C)C1. The van der Waals surface area contributed by atoms with Crippen LogP contribution in [0.25, 0.3) is 10.9 Å². The summed E-state index contributed by atoms with van der Waals surface area (Å²) in [6, 6.07) is 5.72. The predicted molar refractivity (Wildman–Crippen MR) is 94.7 cm³/mol. The highest BCUT2D eigenvalue weighted by atomic mass is 19.1. The maximum Gasteiger partial charge on any atom is 0.256 e. The van der Waals surface area contributed by atoms with Gasteiger partial charge >= 0.3 is 0 Å². The van der Waals surface area contributed by atoms with E-state index in [9.17, 15) is 9.18 Å². The van der Waals surface area contributed by atoms with Crippen LogP contribution in [0.1, 0.15) is 40.3 Å². The van der Waals surface area contributed by atoms with Gasteiger partial charge in [-0.15, -0.1) is 10.2 Å². The van der Waals surface area contributed by atoms with Gasteiger partial charge < -0.3 is 14.1 Å². The second-order valence-corrected chi connectivity index (χ2v) is 6.68. The Bertz CT molecular complexity index is 1020. The molecule has 0 spiro atoms. The Morgan fingerprint density at radius 3 is 2.81 bits per heavy atom. The summed E-state index contributed by atoms with van der Waals surface area (Å²) in [5.41, 5.74) is 1.52. The number of nitrogens with zero attached hydrogens (tertiary/aromatic N) is 4. The molecule has 1 fully saturated rings. The molecule has 0 aliphatic carbocycles. The number of pyridine rings is 1. The zero-order valence-corrected chi connectivity index (χ0v) is 15.3. The highest BCUT2D eigenvalue weighted by molar-refractivity contribution is 5.99. The first-order chi connectivity index (χ1) is 13.0. The van der Waals surface area contributed by atoms with Crippen molar-refractivity contribution in [3.8, 4) is 0 Å². The van der Waals surface area contributed by atoms with E-state index < -0.39 is 0 Å². The van der Waals surface area contributed by atoms with Gasteiger partial charge in [0, 0.05) is 38.5 Å². The summed E-state index contributed by atoms with van der Waals surface area (Å²) in [6.45, 7) is 3.87. The molecule has 140 valence electrons. The molecule has 2 aromatic heterocycles. The van der Waals surface area contributed by atoms with E-state index in [1.165, 1.54) is 12.1 Å². The molecule has 7 nitrogen and oxygen atoms in total. The topological polar surface area (TPSA) is 81.4 Å². The van der Waals surface area contributed by atoms with Crippen LogP contribution in [0, 0.1) is 19.7 Å². The number of rotatable bonds is 3. The molecule has 1 aromatic carbocycles. The minimum atomic E-state index is -0.359. The molecule has 1 saturated heterocycles. The summed E-state index contributed by atoms with van der Waals surface area (Å²) >= 11 is 0. The van der Waals surface area contributed by atoms with E-state index in [-0.39, 0.29) is 23.9 Å². The number of benzene rings is 1. The molecule has 27 heavy (non-hydrogen) atoms. The Hall–Kier alpha value is -2.87. The van der Waals surface area contributed by atoms with E-state index in [2.05, 4.69) is 15.2 Å². The minimum absolute atomic E-state index is 0.117. The van der Waals surface area contributed by atoms with Crippen molar-refractivity contribution in [1.82, 2.24) is 20.1 Å². The molecule has 0 unspecified atom stereocenters. The van der Waals surface area contributed by atoms with Crippen LogP contribution in [0.5, 0.6) is 0 Å². The van der Waals surface area contributed by atoms with E-state index in [4.69, 9.17) is 9.15 Å². The number of ether oxygens (including phenoxy) is 1. The molecule has 0 saturated carbocycles. The van der Waals surface area contributed by atoms with E-state index in [0.29, 0.717) is 46.9 Å². The van der Waals surface area contributed by atoms with E-state index in [1.54, 1.807) is 38.0 Å². The van der Waals surface area contributed by atoms with Crippen molar-refractivity contribution >= 4 is 16.8 Å². The highest BCUT2D eigenvalue weighted by Gasteiger charge is 2.40. The Morgan fingerprint density at radius 1 is 1.30 bits per heavy atom. The molecule has 1 amide bonds. The van der Waals surface area contributed by atoms with Crippen LogP contribution in [0.15, 0.2) is 28.7 Å². The van der Waals surface area contributed by atoms with Crippen molar-refractivity contribution < 1.29 is 18.3 Å². The molecule has 8 heteroatoms. The molecule has 1 aliphatic heterocycles. The molecular formula is C19H19FN4O3. The number of methoxy groups -OCH3 is 1. The van der Waals surface area contributed by atoms with Crippen LogP contribution in [0.4, 0.5) is 4.39 Å². The average molecular weight is 370 g/mol. The molecule has 0 bridgehead atoms. The summed E-state index contributed by atoms with van der Waals surface area (Å²) in [5, 5.41) is 8.66. The molecule has 1 aliphatic rings. The van der Waals surface area contributed by atoms with Crippen LogP contribution in [-0.4, -0.2) is 45.7 Å². The largest absolute Gasteiger partial charge is 0.423 e.